The normalized spacial score (nSPS) is 11.2. The Labute approximate surface area is 91.7 Å². The smallest absolute Gasteiger partial charge is 0.333 e. The van der Waals surface area contributed by atoms with Crippen molar-refractivity contribution in [2.45, 2.75) is 6.92 Å². The summed E-state index contributed by atoms with van der Waals surface area (Å²) in [5.41, 5.74) is 1.57. The fourth-order valence-corrected chi connectivity index (χ4v) is 1.29. The summed E-state index contributed by atoms with van der Waals surface area (Å²) in [6, 6.07) is 7.71. The maximum absolute atomic E-state index is 11.1. The minimum atomic E-state index is -0.298. The number of hydrogen-bond acceptors (Lipinski definition) is 2. The van der Waals surface area contributed by atoms with Gasteiger partial charge in [0.2, 0.25) is 0 Å². The third kappa shape index (κ3) is 3.00. The van der Waals surface area contributed by atoms with Gasteiger partial charge < -0.3 is 4.74 Å². The van der Waals surface area contributed by atoms with E-state index in [1.807, 2.05) is 24.3 Å². The van der Waals surface area contributed by atoms with Gasteiger partial charge in [0.1, 0.15) is 0 Å². The van der Waals surface area contributed by atoms with Crippen LogP contribution in [-0.4, -0.2) is 13.1 Å². The highest BCUT2D eigenvalue weighted by Gasteiger charge is 2.02. The van der Waals surface area contributed by atoms with Crippen molar-refractivity contribution in [3.05, 3.63) is 39.9 Å². The second kappa shape index (κ2) is 4.96. The third-order valence-corrected chi connectivity index (χ3v) is 2.29. The molecular formula is C11H11BrO2. The summed E-state index contributed by atoms with van der Waals surface area (Å²) in [6.07, 6.45) is 1.79. The molecular weight excluding hydrogens is 244 g/mol. The van der Waals surface area contributed by atoms with Gasteiger partial charge in [-0.05, 0) is 30.7 Å². The molecule has 0 aliphatic heterocycles. The first kappa shape index (κ1) is 11.0. The van der Waals surface area contributed by atoms with Crippen LogP contribution in [0.25, 0.3) is 6.08 Å². The van der Waals surface area contributed by atoms with Crippen molar-refractivity contribution in [3.63, 3.8) is 0 Å². The molecule has 1 rings (SSSR count). The van der Waals surface area contributed by atoms with Crippen molar-refractivity contribution >= 4 is 28.0 Å². The van der Waals surface area contributed by atoms with Gasteiger partial charge in [-0.25, -0.2) is 4.79 Å². The zero-order chi connectivity index (χ0) is 10.6. The Morgan fingerprint density at radius 3 is 2.43 bits per heavy atom. The van der Waals surface area contributed by atoms with Gasteiger partial charge >= 0.3 is 5.97 Å². The lowest BCUT2D eigenvalue weighted by molar-refractivity contribution is -0.135. The van der Waals surface area contributed by atoms with Crippen molar-refractivity contribution in [2.24, 2.45) is 0 Å². The molecule has 0 bridgehead atoms. The monoisotopic (exact) mass is 254 g/mol. The first-order chi connectivity index (χ1) is 6.63. The number of rotatable bonds is 2. The second-order valence-corrected chi connectivity index (χ2v) is 3.79. The summed E-state index contributed by atoms with van der Waals surface area (Å²) < 4.78 is 5.61. The van der Waals surface area contributed by atoms with Gasteiger partial charge in [0.05, 0.1) is 7.11 Å². The Balaban J connectivity index is 2.86. The maximum Gasteiger partial charge on any atom is 0.333 e. The van der Waals surface area contributed by atoms with Crippen LogP contribution in [-0.2, 0) is 9.53 Å². The summed E-state index contributed by atoms with van der Waals surface area (Å²) >= 11 is 3.34. The summed E-state index contributed by atoms with van der Waals surface area (Å²) in [4.78, 5) is 11.1. The first-order valence-electron chi connectivity index (χ1n) is 4.15. The van der Waals surface area contributed by atoms with E-state index in [9.17, 15) is 4.79 Å². The van der Waals surface area contributed by atoms with Gasteiger partial charge in [-0.2, -0.15) is 0 Å². The molecule has 0 saturated heterocycles. The molecule has 0 spiro atoms. The van der Waals surface area contributed by atoms with Gasteiger partial charge in [-0.3, -0.25) is 0 Å². The largest absolute Gasteiger partial charge is 0.466 e. The molecule has 2 nitrogen and oxygen atoms in total. The number of benzene rings is 1. The predicted octanol–water partition coefficient (Wildman–Crippen LogP) is 3.03. The van der Waals surface area contributed by atoms with Crippen LogP contribution in [0.4, 0.5) is 0 Å². The molecule has 1 aromatic carbocycles. The number of halogens is 1. The average molecular weight is 255 g/mol. The minimum Gasteiger partial charge on any atom is -0.466 e. The molecule has 0 fully saturated rings. The van der Waals surface area contributed by atoms with Crippen molar-refractivity contribution < 1.29 is 9.53 Å². The van der Waals surface area contributed by atoms with E-state index in [4.69, 9.17) is 0 Å². The third-order valence-electron chi connectivity index (χ3n) is 1.76. The molecule has 0 radical (unpaired) electrons. The SMILES string of the molecule is COC(=O)C(C)=Cc1ccc(Br)cc1. The molecule has 0 N–H and O–H groups in total. The van der Waals surface area contributed by atoms with Crippen LogP contribution in [0.2, 0.25) is 0 Å². The molecule has 0 aliphatic rings. The van der Waals surface area contributed by atoms with Crippen molar-refractivity contribution in [1.29, 1.82) is 0 Å². The molecule has 0 saturated carbocycles. The number of ether oxygens (including phenoxy) is 1. The predicted molar refractivity (Wildman–Crippen MR) is 59.8 cm³/mol. The van der Waals surface area contributed by atoms with Crippen LogP contribution in [0.5, 0.6) is 0 Å². The van der Waals surface area contributed by atoms with E-state index >= 15 is 0 Å². The highest BCUT2D eigenvalue weighted by molar-refractivity contribution is 9.10. The molecule has 14 heavy (non-hydrogen) atoms. The second-order valence-electron chi connectivity index (χ2n) is 2.87. The Hall–Kier alpha value is -1.09. The quantitative estimate of drug-likeness (QED) is 0.599. The van der Waals surface area contributed by atoms with Crippen molar-refractivity contribution in [3.8, 4) is 0 Å². The van der Waals surface area contributed by atoms with E-state index in [0.717, 1.165) is 10.0 Å². The van der Waals surface area contributed by atoms with Crippen LogP contribution in [0, 0.1) is 0 Å². The van der Waals surface area contributed by atoms with Crippen LogP contribution in [0.1, 0.15) is 12.5 Å². The summed E-state index contributed by atoms with van der Waals surface area (Å²) in [5, 5.41) is 0. The lowest BCUT2D eigenvalue weighted by Gasteiger charge is -1.99. The van der Waals surface area contributed by atoms with Crippen molar-refractivity contribution in [2.75, 3.05) is 7.11 Å². The Morgan fingerprint density at radius 1 is 1.36 bits per heavy atom. The molecule has 0 aliphatic carbocycles. The average Bonchev–Trinajstić information content (AvgIpc) is 2.20. The van der Waals surface area contributed by atoms with E-state index in [1.165, 1.54) is 7.11 Å². The van der Waals surface area contributed by atoms with Crippen LogP contribution in [0.15, 0.2) is 34.3 Å². The molecule has 0 unspecified atom stereocenters. The fourth-order valence-electron chi connectivity index (χ4n) is 1.03. The van der Waals surface area contributed by atoms with E-state index in [2.05, 4.69) is 20.7 Å². The number of esters is 1. The van der Waals surface area contributed by atoms with Crippen molar-refractivity contribution in [1.82, 2.24) is 0 Å². The molecule has 74 valence electrons. The number of hydrogen-bond donors (Lipinski definition) is 0. The molecule has 0 heterocycles. The number of carbonyl (C=O) groups excluding carboxylic acids is 1. The summed E-state index contributed by atoms with van der Waals surface area (Å²) in [7, 11) is 1.38. The molecule has 1 aromatic rings. The van der Waals surface area contributed by atoms with Gasteiger partial charge in [0.25, 0.3) is 0 Å². The van der Waals surface area contributed by atoms with Gasteiger partial charge in [-0.1, -0.05) is 28.1 Å². The van der Waals surface area contributed by atoms with E-state index < -0.39 is 0 Å². The lowest BCUT2D eigenvalue weighted by atomic mass is 10.1. The first-order valence-corrected chi connectivity index (χ1v) is 4.95. The van der Waals surface area contributed by atoms with Crippen LogP contribution < -0.4 is 0 Å². The molecule has 0 atom stereocenters. The lowest BCUT2D eigenvalue weighted by Crippen LogP contribution is -2.00. The summed E-state index contributed by atoms with van der Waals surface area (Å²) in [6.45, 7) is 1.73. The van der Waals surface area contributed by atoms with Crippen LogP contribution >= 0.6 is 15.9 Å². The topological polar surface area (TPSA) is 26.3 Å². The van der Waals surface area contributed by atoms with E-state index in [1.54, 1.807) is 13.0 Å². The maximum atomic E-state index is 11.1. The van der Waals surface area contributed by atoms with Gasteiger partial charge in [-0.15, -0.1) is 0 Å². The molecule has 3 heteroatoms. The highest BCUT2D eigenvalue weighted by atomic mass is 79.9. The zero-order valence-corrected chi connectivity index (χ0v) is 9.67. The van der Waals surface area contributed by atoms with Crippen LogP contribution in [0.3, 0.4) is 0 Å². The number of methoxy groups -OCH3 is 1. The Morgan fingerprint density at radius 2 is 1.93 bits per heavy atom. The van der Waals surface area contributed by atoms with Gasteiger partial charge in [0, 0.05) is 10.0 Å². The Kier molecular flexibility index (Phi) is 3.89. The number of carbonyl (C=O) groups is 1. The molecule has 0 aromatic heterocycles. The highest BCUT2D eigenvalue weighted by Crippen LogP contribution is 2.13. The molecule has 0 amide bonds. The standard InChI is InChI=1S/C11H11BrO2/c1-8(11(13)14-2)7-9-3-5-10(12)6-4-9/h3-7H,1-2H3. The van der Waals surface area contributed by atoms with E-state index in [-0.39, 0.29) is 5.97 Å². The van der Waals surface area contributed by atoms with Gasteiger partial charge in [0.15, 0.2) is 0 Å². The summed E-state index contributed by atoms with van der Waals surface area (Å²) in [5.74, 6) is -0.298. The van der Waals surface area contributed by atoms with E-state index in [0.29, 0.717) is 5.57 Å². The minimum absolute atomic E-state index is 0.298. The fraction of sp³-hybridized carbons (Fsp3) is 0.182. The Bertz CT molecular complexity index is 352. The zero-order valence-electron chi connectivity index (χ0n) is 8.08.